The zero-order valence-corrected chi connectivity index (χ0v) is 18.0. The number of aliphatic imine (C=N–C) groups is 1. The molecule has 1 aromatic carbocycles. The molecule has 0 radical (unpaired) electrons. The van der Waals surface area contributed by atoms with E-state index in [1.807, 2.05) is 25.2 Å². The Balaban J connectivity index is 0.00000243. The van der Waals surface area contributed by atoms with E-state index in [1.165, 1.54) is 32.4 Å². The van der Waals surface area contributed by atoms with Crippen LogP contribution in [0.5, 0.6) is 0 Å². The molecule has 0 amide bonds. The summed E-state index contributed by atoms with van der Waals surface area (Å²) in [5.74, 6) is 1.94. The summed E-state index contributed by atoms with van der Waals surface area (Å²) >= 11 is 0. The third-order valence-electron chi connectivity index (χ3n) is 4.71. The first-order chi connectivity index (χ1) is 12.3. The Labute approximate surface area is 173 Å². The highest BCUT2D eigenvalue weighted by atomic mass is 127. The summed E-state index contributed by atoms with van der Waals surface area (Å²) in [7, 11) is 1.83. The number of benzene rings is 1. The van der Waals surface area contributed by atoms with Gasteiger partial charge in [-0.2, -0.15) is 0 Å². The summed E-state index contributed by atoms with van der Waals surface area (Å²) in [5.41, 5.74) is 2.15. The van der Waals surface area contributed by atoms with Crippen molar-refractivity contribution in [2.75, 3.05) is 39.8 Å². The van der Waals surface area contributed by atoms with Gasteiger partial charge in [-0.3, -0.25) is 4.99 Å². The predicted octanol–water partition coefficient (Wildman–Crippen LogP) is 2.76. The molecule has 1 fully saturated rings. The number of guanidine groups is 1. The first-order valence-electron chi connectivity index (χ1n) is 9.45. The molecule has 7 heteroatoms. The summed E-state index contributed by atoms with van der Waals surface area (Å²) in [5, 5.41) is 6.80. The quantitative estimate of drug-likeness (QED) is 0.252. The summed E-state index contributed by atoms with van der Waals surface area (Å²) in [6, 6.07) is 8.17. The van der Waals surface area contributed by atoms with Gasteiger partial charge < -0.3 is 20.5 Å². The van der Waals surface area contributed by atoms with Crippen molar-refractivity contribution in [2.45, 2.75) is 32.1 Å². The number of aromatic amines is 1. The minimum atomic E-state index is 0. The highest BCUT2D eigenvalue weighted by Gasteiger charge is 2.09. The molecule has 0 unspecified atom stereocenters. The van der Waals surface area contributed by atoms with Gasteiger partial charge in [-0.1, -0.05) is 18.6 Å². The number of fused-ring (bicyclic) bond motifs is 1. The van der Waals surface area contributed by atoms with Gasteiger partial charge >= 0.3 is 0 Å². The Morgan fingerprint density at radius 1 is 1.15 bits per heavy atom. The minimum absolute atomic E-state index is 0. The summed E-state index contributed by atoms with van der Waals surface area (Å²) in [6.07, 6.45) is 6.03. The van der Waals surface area contributed by atoms with E-state index >= 15 is 0 Å². The molecule has 1 saturated heterocycles. The second kappa shape index (κ2) is 11.4. The molecule has 3 rings (SSSR count). The highest BCUT2D eigenvalue weighted by molar-refractivity contribution is 14.0. The van der Waals surface area contributed by atoms with Gasteiger partial charge in [-0.05, 0) is 44.5 Å². The zero-order valence-electron chi connectivity index (χ0n) is 15.6. The maximum absolute atomic E-state index is 4.62. The Bertz CT molecular complexity index is 644. The van der Waals surface area contributed by atoms with Crippen LogP contribution in [0.1, 0.15) is 31.5 Å². The van der Waals surface area contributed by atoms with E-state index in [9.17, 15) is 0 Å². The van der Waals surface area contributed by atoms with Crippen molar-refractivity contribution in [2.24, 2.45) is 4.99 Å². The SMILES string of the molecule is CN=C(NCCCc1nc2ccccc2[nH]1)NCCN1CCCCC1.I. The normalized spacial score (nSPS) is 15.7. The van der Waals surface area contributed by atoms with Gasteiger partial charge in [0.05, 0.1) is 11.0 Å². The van der Waals surface area contributed by atoms with Crippen molar-refractivity contribution in [3.8, 4) is 0 Å². The van der Waals surface area contributed by atoms with E-state index in [2.05, 4.69) is 36.6 Å². The molecule has 0 bridgehead atoms. The number of aryl methyl sites for hydroxylation is 1. The van der Waals surface area contributed by atoms with Crippen molar-refractivity contribution in [1.82, 2.24) is 25.5 Å². The van der Waals surface area contributed by atoms with Crippen molar-refractivity contribution < 1.29 is 0 Å². The fourth-order valence-corrected chi connectivity index (χ4v) is 3.32. The first kappa shape index (κ1) is 21.0. The maximum atomic E-state index is 4.62. The van der Waals surface area contributed by atoms with Crippen LogP contribution >= 0.6 is 24.0 Å². The van der Waals surface area contributed by atoms with Crippen LogP contribution in [0.2, 0.25) is 0 Å². The van der Waals surface area contributed by atoms with Gasteiger partial charge in [-0.15, -0.1) is 24.0 Å². The fraction of sp³-hybridized carbons (Fsp3) is 0.579. The van der Waals surface area contributed by atoms with E-state index in [-0.39, 0.29) is 24.0 Å². The number of rotatable bonds is 7. The largest absolute Gasteiger partial charge is 0.356 e. The molecule has 0 atom stereocenters. The van der Waals surface area contributed by atoms with Crippen molar-refractivity contribution in [3.05, 3.63) is 30.1 Å². The maximum Gasteiger partial charge on any atom is 0.191 e. The number of imidazole rings is 1. The zero-order chi connectivity index (χ0) is 17.3. The smallest absolute Gasteiger partial charge is 0.191 e. The topological polar surface area (TPSA) is 68.3 Å². The van der Waals surface area contributed by atoms with E-state index in [0.29, 0.717) is 0 Å². The number of para-hydroxylation sites is 2. The van der Waals surface area contributed by atoms with Crippen molar-refractivity contribution >= 4 is 41.0 Å². The molecule has 0 spiro atoms. The van der Waals surface area contributed by atoms with Crippen LogP contribution in [-0.2, 0) is 6.42 Å². The number of hydrogen-bond donors (Lipinski definition) is 3. The van der Waals surface area contributed by atoms with Gasteiger partial charge in [0.1, 0.15) is 5.82 Å². The van der Waals surface area contributed by atoms with E-state index in [4.69, 9.17) is 0 Å². The van der Waals surface area contributed by atoms with Crippen LogP contribution < -0.4 is 10.6 Å². The van der Waals surface area contributed by atoms with Gasteiger partial charge in [0.25, 0.3) is 0 Å². The van der Waals surface area contributed by atoms with Crippen LogP contribution in [0.3, 0.4) is 0 Å². The molecule has 0 aliphatic carbocycles. The number of nitrogens with zero attached hydrogens (tertiary/aromatic N) is 3. The third-order valence-corrected chi connectivity index (χ3v) is 4.71. The van der Waals surface area contributed by atoms with Gasteiger partial charge in [0, 0.05) is 33.1 Å². The lowest BCUT2D eigenvalue weighted by molar-refractivity contribution is 0.232. The molecule has 2 heterocycles. The molecule has 3 N–H and O–H groups in total. The van der Waals surface area contributed by atoms with E-state index in [0.717, 1.165) is 55.3 Å². The predicted molar refractivity (Wildman–Crippen MR) is 119 cm³/mol. The van der Waals surface area contributed by atoms with Crippen molar-refractivity contribution in [1.29, 1.82) is 0 Å². The molecule has 2 aromatic rings. The number of aromatic nitrogens is 2. The molecule has 6 nitrogen and oxygen atoms in total. The molecule has 144 valence electrons. The Kier molecular flexibility index (Phi) is 9.17. The number of H-pyrrole nitrogens is 1. The van der Waals surface area contributed by atoms with Gasteiger partial charge in [-0.25, -0.2) is 4.98 Å². The first-order valence-corrected chi connectivity index (χ1v) is 9.45. The number of nitrogens with one attached hydrogen (secondary N) is 3. The standard InChI is InChI=1S/C19H30N6.HI/c1-20-19(22-12-15-25-13-5-2-6-14-25)21-11-7-10-18-23-16-8-3-4-9-17(16)24-18;/h3-4,8-9H,2,5-7,10-15H2,1H3,(H,23,24)(H2,20,21,22);1H. The van der Waals surface area contributed by atoms with Crippen molar-refractivity contribution in [3.63, 3.8) is 0 Å². The highest BCUT2D eigenvalue weighted by Crippen LogP contribution is 2.11. The summed E-state index contributed by atoms with van der Waals surface area (Å²) in [4.78, 5) is 14.8. The molecule has 26 heavy (non-hydrogen) atoms. The number of halogens is 1. The van der Waals surface area contributed by atoms with Gasteiger partial charge in [0.15, 0.2) is 5.96 Å². The molecule has 0 saturated carbocycles. The van der Waals surface area contributed by atoms with Crippen LogP contribution in [-0.4, -0.2) is 60.6 Å². The monoisotopic (exact) mass is 470 g/mol. The molecule has 1 aliphatic rings. The molecular formula is C19H31IN6. The lowest BCUT2D eigenvalue weighted by Gasteiger charge is -2.26. The molecular weight excluding hydrogens is 439 g/mol. The summed E-state index contributed by atoms with van der Waals surface area (Å²) < 4.78 is 0. The second-order valence-corrected chi connectivity index (χ2v) is 6.63. The number of likely N-dealkylation sites (tertiary alicyclic amines) is 1. The average Bonchev–Trinajstić information content (AvgIpc) is 3.07. The fourth-order valence-electron chi connectivity index (χ4n) is 3.32. The number of piperidine rings is 1. The Morgan fingerprint density at radius 3 is 2.69 bits per heavy atom. The van der Waals surface area contributed by atoms with Crippen LogP contribution in [0.25, 0.3) is 11.0 Å². The average molecular weight is 470 g/mol. The Hall–Kier alpha value is -1.35. The lowest BCUT2D eigenvalue weighted by atomic mass is 10.1. The van der Waals surface area contributed by atoms with E-state index < -0.39 is 0 Å². The molecule has 1 aromatic heterocycles. The second-order valence-electron chi connectivity index (χ2n) is 6.63. The lowest BCUT2D eigenvalue weighted by Crippen LogP contribution is -2.42. The third kappa shape index (κ3) is 6.42. The summed E-state index contributed by atoms with van der Waals surface area (Å²) in [6.45, 7) is 5.42. The van der Waals surface area contributed by atoms with Crippen LogP contribution in [0, 0.1) is 0 Å². The van der Waals surface area contributed by atoms with Crippen LogP contribution in [0.15, 0.2) is 29.3 Å². The molecule has 1 aliphatic heterocycles. The van der Waals surface area contributed by atoms with E-state index in [1.54, 1.807) is 0 Å². The minimum Gasteiger partial charge on any atom is -0.356 e. The number of hydrogen-bond acceptors (Lipinski definition) is 3. The van der Waals surface area contributed by atoms with Gasteiger partial charge in [0.2, 0.25) is 0 Å². The Morgan fingerprint density at radius 2 is 1.92 bits per heavy atom. The van der Waals surface area contributed by atoms with Crippen LogP contribution in [0.4, 0.5) is 0 Å².